The third-order valence-electron chi connectivity index (χ3n) is 3.18. The summed E-state index contributed by atoms with van der Waals surface area (Å²) in [4.78, 5) is 6.96. The van der Waals surface area contributed by atoms with E-state index in [9.17, 15) is 0 Å². The molecule has 2 aromatic heterocycles. The van der Waals surface area contributed by atoms with Crippen molar-refractivity contribution in [2.45, 2.75) is 33.0 Å². The van der Waals surface area contributed by atoms with Gasteiger partial charge in [0.05, 0.1) is 12.2 Å². The highest BCUT2D eigenvalue weighted by Gasteiger charge is 2.19. The van der Waals surface area contributed by atoms with Gasteiger partial charge in [-0.15, -0.1) is 21.5 Å². The second kappa shape index (κ2) is 5.66. The van der Waals surface area contributed by atoms with Gasteiger partial charge in [-0.2, -0.15) is 0 Å². The molecule has 0 aliphatic carbocycles. The van der Waals surface area contributed by atoms with Gasteiger partial charge in [0, 0.05) is 25.0 Å². The number of hydrogen-bond donors (Lipinski definition) is 1. The molecule has 1 N–H and O–H groups in total. The molecule has 0 unspecified atom stereocenters. The van der Waals surface area contributed by atoms with Crippen LogP contribution < -0.4 is 10.2 Å². The van der Waals surface area contributed by atoms with Crippen molar-refractivity contribution in [2.24, 2.45) is 0 Å². The standard InChI is InChI=1S/C12H18N6S/c1-2-3-13-6-10-8-19-12(15-10)17-4-5-18-9-14-16-11(18)7-17/h8-9,13H,2-7H2,1H3. The Morgan fingerprint density at radius 1 is 1.42 bits per heavy atom. The van der Waals surface area contributed by atoms with Crippen LogP contribution >= 0.6 is 11.3 Å². The number of nitrogens with one attached hydrogen (secondary N) is 1. The number of nitrogens with zero attached hydrogens (tertiary/aromatic N) is 5. The molecule has 3 rings (SSSR count). The molecule has 0 amide bonds. The molecule has 2 aromatic rings. The Bertz CT molecular complexity index is 534. The smallest absolute Gasteiger partial charge is 0.186 e. The van der Waals surface area contributed by atoms with Crippen molar-refractivity contribution in [2.75, 3.05) is 18.0 Å². The fraction of sp³-hybridized carbons (Fsp3) is 0.583. The van der Waals surface area contributed by atoms with Crippen LogP contribution in [0.5, 0.6) is 0 Å². The van der Waals surface area contributed by atoms with Crippen LogP contribution in [0, 0.1) is 0 Å². The van der Waals surface area contributed by atoms with Crippen LogP contribution in [-0.4, -0.2) is 32.8 Å². The lowest BCUT2D eigenvalue weighted by atomic mass is 10.4. The summed E-state index contributed by atoms with van der Waals surface area (Å²) >= 11 is 1.71. The van der Waals surface area contributed by atoms with Crippen LogP contribution in [0.25, 0.3) is 0 Å². The summed E-state index contributed by atoms with van der Waals surface area (Å²) in [6, 6.07) is 0. The van der Waals surface area contributed by atoms with Gasteiger partial charge in [-0.3, -0.25) is 0 Å². The van der Waals surface area contributed by atoms with Crippen molar-refractivity contribution < 1.29 is 0 Å². The molecule has 0 atom stereocenters. The number of rotatable bonds is 5. The second-order valence-electron chi connectivity index (χ2n) is 4.66. The van der Waals surface area contributed by atoms with Crippen molar-refractivity contribution in [3.63, 3.8) is 0 Å². The molecule has 0 saturated carbocycles. The maximum Gasteiger partial charge on any atom is 0.186 e. The summed E-state index contributed by atoms with van der Waals surface area (Å²) in [6.07, 6.45) is 2.95. The third kappa shape index (κ3) is 2.76. The van der Waals surface area contributed by atoms with E-state index in [1.54, 1.807) is 17.7 Å². The van der Waals surface area contributed by atoms with Crippen molar-refractivity contribution >= 4 is 16.5 Å². The normalized spacial score (nSPS) is 14.7. The fourth-order valence-electron chi connectivity index (χ4n) is 2.15. The molecule has 0 spiro atoms. The molecule has 0 saturated heterocycles. The molecule has 7 heteroatoms. The molecule has 0 radical (unpaired) electrons. The maximum atomic E-state index is 4.69. The predicted molar refractivity (Wildman–Crippen MR) is 75.2 cm³/mol. The Morgan fingerprint density at radius 2 is 2.37 bits per heavy atom. The number of thiazole rings is 1. The molecule has 19 heavy (non-hydrogen) atoms. The van der Waals surface area contributed by atoms with Crippen molar-refractivity contribution in [1.82, 2.24) is 25.1 Å². The van der Waals surface area contributed by atoms with E-state index in [1.807, 2.05) is 0 Å². The molecule has 102 valence electrons. The first kappa shape index (κ1) is 12.6. The zero-order valence-corrected chi connectivity index (χ0v) is 11.9. The zero-order valence-electron chi connectivity index (χ0n) is 11.0. The highest BCUT2D eigenvalue weighted by atomic mass is 32.1. The minimum atomic E-state index is 0.801. The van der Waals surface area contributed by atoms with Crippen LogP contribution in [0.3, 0.4) is 0 Å². The molecular formula is C12H18N6S. The average Bonchev–Trinajstić information content (AvgIpc) is 3.06. The summed E-state index contributed by atoms with van der Waals surface area (Å²) in [6.45, 7) is 6.78. The quantitative estimate of drug-likeness (QED) is 0.834. The average molecular weight is 278 g/mol. The van der Waals surface area contributed by atoms with Gasteiger partial charge in [0.2, 0.25) is 0 Å². The molecule has 3 heterocycles. The number of hydrogen-bond acceptors (Lipinski definition) is 6. The van der Waals surface area contributed by atoms with Crippen LogP contribution in [-0.2, 0) is 19.6 Å². The van der Waals surface area contributed by atoms with E-state index >= 15 is 0 Å². The molecule has 0 bridgehead atoms. The van der Waals surface area contributed by atoms with E-state index in [-0.39, 0.29) is 0 Å². The van der Waals surface area contributed by atoms with E-state index in [2.05, 4.69) is 42.3 Å². The highest BCUT2D eigenvalue weighted by Crippen LogP contribution is 2.24. The molecule has 1 aliphatic rings. The number of anilines is 1. The largest absolute Gasteiger partial charge is 0.339 e. The Kier molecular flexibility index (Phi) is 3.74. The lowest BCUT2D eigenvalue weighted by Gasteiger charge is -2.26. The SMILES string of the molecule is CCCNCc1csc(N2CCn3cnnc3C2)n1. The van der Waals surface area contributed by atoms with Crippen LogP contribution in [0.15, 0.2) is 11.7 Å². The van der Waals surface area contributed by atoms with E-state index in [1.165, 1.54) is 0 Å². The van der Waals surface area contributed by atoms with Gasteiger partial charge in [0.15, 0.2) is 11.0 Å². The fourth-order valence-corrected chi connectivity index (χ4v) is 3.00. The van der Waals surface area contributed by atoms with Crippen LogP contribution in [0.2, 0.25) is 0 Å². The number of fused-ring (bicyclic) bond motifs is 1. The minimum absolute atomic E-state index is 0.801. The molecule has 0 fully saturated rings. The zero-order chi connectivity index (χ0) is 13.1. The topological polar surface area (TPSA) is 58.9 Å². The van der Waals surface area contributed by atoms with Crippen LogP contribution in [0.4, 0.5) is 5.13 Å². The van der Waals surface area contributed by atoms with Gasteiger partial charge < -0.3 is 14.8 Å². The Hall–Kier alpha value is -1.47. The first-order chi connectivity index (χ1) is 9.36. The van der Waals surface area contributed by atoms with Gasteiger partial charge in [-0.25, -0.2) is 4.98 Å². The Labute approximate surface area is 116 Å². The Morgan fingerprint density at radius 3 is 3.26 bits per heavy atom. The lowest BCUT2D eigenvalue weighted by molar-refractivity contribution is 0.558. The molecule has 1 aliphatic heterocycles. The van der Waals surface area contributed by atoms with Gasteiger partial charge in [-0.05, 0) is 13.0 Å². The molecule has 6 nitrogen and oxygen atoms in total. The van der Waals surface area contributed by atoms with Crippen molar-refractivity contribution in [1.29, 1.82) is 0 Å². The summed E-state index contributed by atoms with van der Waals surface area (Å²) in [7, 11) is 0. The van der Waals surface area contributed by atoms with Gasteiger partial charge >= 0.3 is 0 Å². The van der Waals surface area contributed by atoms with Crippen molar-refractivity contribution in [3.05, 3.63) is 23.2 Å². The predicted octanol–water partition coefficient (Wildman–Crippen LogP) is 1.25. The minimum Gasteiger partial charge on any atom is -0.339 e. The maximum absolute atomic E-state index is 4.69. The lowest BCUT2D eigenvalue weighted by Crippen LogP contribution is -2.33. The van der Waals surface area contributed by atoms with Crippen LogP contribution in [0.1, 0.15) is 24.9 Å². The monoisotopic (exact) mass is 278 g/mol. The third-order valence-corrected chi connectivity index (χ3v) is 4.13. The summed E-state index contributed by atoms with van der Waals surface area (Å²) in [5.41, 5.74) is 1.13. The highest BCUT2D eigenvalue weighted by molar-refractivity contribution is 7.13. The van der Waals surface area contributed by atoms with Gasteiger partial charge in [0.1, 0.15) is 6.33 Å². The second-order valence-corrected chi connectivity index (χ2v) is 5.50. The van der Waals surface area contributed by atoms with E-state index in [0.717, 1.165) is 55.8 Å². The number of aromatic nitrogens is 4. The van der Waals surface area contributed by atoms with E-state index < -0.39 is 0 Å². The molecule has 0 aromatic carbocycles. The first-order valence-electron chi connectivity index (χ1n) is 6.63. The summed E-state index contributed by atoms with van der Waals surface area (Å²) in [5, 5.41) is 14.7. The summed E-state index contributed by atoms with van der Waals surface area (Å²) in [5.74, 6) is 1.02. The van der Waals surface area contributed by atoms with E-state index in [4.69, 9.17) is 0 Å². The Balaban J connectivity index is 1.64. The van der Waals surface area contributed by atoms with Gasteiger partial charge in [0.25, 0.3) is 0 Å². The van der Waals surface area contributed by atoms with Gasteiger partial charge in [-0.1, -0.05) is 6.92 Å². The molecular weight excluding hydrogens is 260 g/mol. The van der Waals surface area contributed by atoms with E-state index in [0.29, 0.717) is 0 Å². The first-order valence-corrected chi connectivity index (χ1v) is 7.51. The summed E-state index contributed by atoms with van der Waals surface area (Å²) < 4.78 is 2.10. The van der Waals surface area contributed by atoms with Crippen molar-refractivity contribution in [3.8, 4) is 0 Å².